The summed E-state index contributed by atoms with van der Waals surface area (Å²) in [5, 5.41) is 8.11. The molecule has 0 saturated heterocycles. The number of sulfonamides is 1. The van der Waals surface area contributed by atoms with Crippen molar-refractivity contribution in [2.24, 2.45) is 5.14 Å². The molecule has 0 aliphatic heterocycles. The molecule has 2 aromatic rings. The second kappa shape index (κ2) is 9.24. The van der Waals surface area contributed by atoms with Crippen LogP contribution >= 0.6 is 23.2 Å². The van der Waals surface area contributed by atoms with Crippen LogP contribution in [0.15, 0.2) is 47.4 Å². The van der Waals surface area contributed by atoms with Crippen molar-refractivity contribution in [2.45, 2.75) is 17.9 Å². The first-order valence-electron chi connectivity index (χ1n) is 7.77. The highest BCUT2D eigenvalue weighted by atomic mass is 35.5. The number of hydrogen-bond acceptors (Lipinski definition) is 6. The Morgan fingerprint density at radius 3 is 2.54 bits per heavy atom. The summed E-state index contributed by atoms with van der Waals surface area (Å²) in [6.45, 7) is 0.881. The van der Waals surface area contributed by atoms with Gasteiger partial charge in [0, 0.05) is 10.7 Å². The highest BCUT2D eigenvalue weighted by Gasteiger charge is 2.19. The Morgan fingerprint density at radius 2 is 1.89 bits per heavy atom. The molecule has 0 radical (unpaired) electrons. The third-order valence-corrected chi connectivity index (χ3v) is 4.79. The molecule has 2 rings (SSSR count). The molecule has 1 atom stereocenters. The zero-order chi connectivity index (χ0) is 20.9. The van der Waals surface area contributed by atoms with Crippen LogP contribution in [0.2, 0.25) is 10.0 Å². The van der Waals surface area contributed by atoms with E-state index in [4.69, 9.17) is 37.8 Å². The van der Waals surface area contributed by atoms with Gasteiger partial charge in [0.25, 0.3) is 5.91 Å². The van der Waals surface area contributed by atoms with Crippen LogP contribution in [0.4, 0.5) is 5.69 Å². The van der Waals surface area contributed by atoms with Crippen molar-refractivity contribution < 1.29 is 27.5 Å². The number of carbonyl (C=O) groups excluding carboxylic acids is 2. The SMILES string of the molecule is C[C@H](OC(=O)COc1ccc(Cl)cc1Cl)C(=O)Nc1cccc(S(N)(=O)=O)c1. The fourth-order valence-electron chi connectivity index (χ4n) is 2.01. The lowest BCUT2D eigenvalue weighted by Gasteiger charge is -2.14. The Labute approximate surface area is 171 Å². The van der Waals surface area contributed by atoms with Gasteiger partial charge in [0.1, 0.15) is 5.75 Å². The summed E-state index contributed by atoms with van der Waals surface area (Å²) in [6.07, 6.45) is -1.16. The number of anilines is 1. The first-order chi connectivity index (χ1) is 13.1. The van der Waals surface area contributed by atoms with E-state index in [1.165, 1.54) is 43.3 Å². The average Bonchev–Trinajstić information content (AvgIpc) is 2.60. The lowest BCUT2D eigenvalue weighted by atomic mass is 10.3. The predicted octanol–water partition coefficient (Wildman–Crippen LogP) is 2.59. The summed E-state index contributed by atoms with van der Waals surface area (Å²) in [5.74, 6) is -1.23. The van der Waals surface area contributed by atoms with Gasteiger partial charge in [-0.2, -0.15) is 0 Å². The summed E-state index contributed by atoms with van der Waals surface area (Å²) in [4.78, 5) is 23.8. The fourth-order valence-corrected chi connectivity index (χ4v) is 3.03. The molecule has 8 nitrogen and oxygen atoms in total. The largest absolute Gasteiger partial charge is 0.480 e. The van der Waals surface area contributed by atoms with E-state index < -0.39 is 34.6 Å². The van der Waals surface area contributed by atoms with Crippen LogP contribution in [0.3, 0.4) is 0 Å². The van der Waals surface area contributed by atoms with Crippen molar-refractivity contribution in [2.75, 3.05) is 11.9 Å². The number of nitrogens with two attached hydrogens (primary N) is 1. The number of ether oxygens (including phenoxy) is 2. The van der Waals surface area contributed by atoms with Gasteiger partial charge in [0.2, 0.25) is 10.0 Å². The molecule has 0 unspecified atom stereocenters. The number of carbonyl (C=O) groups is 2. The van der Waals surface area contributed by atoms with Gasteiger partial charge in [-0.05, 0) is 43.3 Å². The second-order valence-corrected chi connectivity index (χ2v) is 7.96. The smallest absolute Gasteiger partial charge is 0.344 e. The van der Waals surface area contributed by atoms with Gasteiger partial charge < -0.3 is 14.8 Å². The predicted molar refractivity (Wildman–Crippen MR) is 104 cm³/mol. The van der Waals surface area contributed by atoms with E-state index in [2.05, 4.69) is 5.32 Å². The van der Waals surface area contributed by atoms with E-state index in [-0.39, 0.29) is 21.4 Å². The number of primary sulfonamides is 1. The molecule has 0 aromatic heterocycles. The molecule has 0 aliphatic rings. The molecular formula is C17H16Cl2N2O6S. The van der Waals surface area contributed by atoms with Gasteiger partial charge in [-0.3, -0.25) is 4.79 Å². The zero-order valence-corrected chi connectivity index (χ0v) is 16.8. The molecule has 0 heterocycles. The highest BCUT2D eigenvalue weighted by molar-refractivity contribution is 7.89. The van der Waals surface area contributed by atoms with Gasteiger partial charge in [-0.15, -0.1) is 0 Å². The molecule has 28 heavy (non-hydrogen) atoms. The minimum absolute atomic E-state index is 0.164. The van der Waals surface area contributed by atoms with E-state index in [1.54, 1.807) is 6.07 Å². The molecule has 2 aromatic carbocycles. The number of esters is 1. The zero-order valence-electron chi connectivity index (χ0n) is 14.5. The molecule has 150 valence electrons. The molecule has 11 heteroatoms. The molecule has 1 amide bonds. The number of halogens is 2. The fraction of sp³-hybridized carbons (Fsp3) is 0.176. The van der Waals surface area contributed by atoms with Crippen LogP contribution in [-0.4, -0.2) is 33.0 Å². The summed E-state index contributed by atoms with van der Waals surface area (Å²) in [5.41, 5.74) is 0.184. The van der Waals surface area contributed by atoms with Gasteiger partial charge in [-0.1, -0.05) is 29.3 Å². The Hall–Kier alpha value is -2.33. The minimum atomic E-state index is -3.91. The van der Waals surface area contributed by atoms with Crippen molar-refractivity contribution in [1.82, 2.24) is 0 Å². The normalized spacial score (nSPS) is 12.1. The van der Waals surface area contributed by atoms with Gasteiger partial charge in [0.15, 0.2) is 12.7 Å². The molecule has 0 aliphatic carbocycles. The average molecular weight is 447 g/mol. The number of benzene rings is 2. The summed E-state index contributed by atoms with van der Waals surface area (Å²) in [7, 11) is -3.91. The maximum absolute atomic E-state index is 12.1. The summed E-state index contributed by atoms with van der Waals surface area (Å²) in [6, 6.07) is 9.84. The van der Waals surface area contributed by atoms with E-state index in [9.17, 15) is 18.0 Å². The topological polar surface area (TPSA) is 125 Å². The Kier molecular flexibility index (Phi) is 7.25. The lowest BCUT2D eigenvalue weighted by molar-refractivity contribution is -0.155. The van der Waals surface area contributed by atoms with Crippen LogP contribution in [0, 0.1) is 0 Å². The van der Waals surface area contributed by atoms with Crippen LogP contribution in [0.25, 0.3) is 0 Å². The Balaban J connectivity index is 1.90. The number of hydrogen-bond donors (Lipinski definition) is 2. The van der Waals surface area contributed by atoms with Crippen molar-refractivity contribution in [3.63, 3.8) is 0 Å². The van der Waals surface area contributed by atoms with Crippen LogP contribution in [0.5, 0.6) is 5.75 Å². The highest BCUT2D eigenvalue weighted by Crippen LogP contribution is 2.27. The lowest BCUT2D eigenvalue weighted by Crippen LogP contribution is -2.31. The van der Waals surface area contributed by atoms with Crippen molar-refractivity contribution in [3.8, 4) is 5.75 Å². The second-order valence-electron chi connectivity index (χ2n) is 5.56. The number of amides is 1. The van der Waals surface area contributed by atoms with Crippen molar-refractivity contribution in [1.29, 1.82) is 0 Å². The van der Waals surface area contributed by atoms with Crippen molar-refractivity contribution in [3.05, 3.63) is 52.5 Å². The minimum Gasteiger partial charge on any atom is -0.480 e. The first kappa shape index (κ1) is 22.0. The molecule has 0 bridgehead atoms. The standard InChI is InChI=1S/C17H16Cl2N2O6S/c1-10(17(23)21-12-3-2-4-13(8-12)28(20,24)25)27-16(22)9-26-15-6-5-11(18)7-14(15)19/h2-8,10H,9H2,1H3,(H,21,23)(H2,20,24,25)/t10-/m0/s1. The molecular weight excluding hydrogens is 431 g/mol. The van der Waals surface area contributed by atoms with Crippen LogP contribution in [0.1, 0.15) is 6.92 Å². The molecule has 0 spiro atoms. The van der Waals surface area contributed by atoms with E-state index >= 15 is 0 Å². The van der Waals surface area contributed by atoms with Crippen LogP contribution < -0.4 is 15.2 Å². The number of rotatable bonds is 7. The monoisotopic (exact) mass is 446 g/mol. The van der Waals surface area contributed by atoms with E-state index in [0.29, 0.717) is 5.02 Å². The molecule has 0 fully saturated rings. The first-order valence-corrected chi connectivity index (χ1v) is 10.1. The van der Waals surface area contributed by atoms with E-state index in [0.717, 1.165) is 0 Å². The van der Waals surface area contributed by atoms with Crippen molar-refractivity contribution >= 4 is 50.8 Å². The number of nitrogens with one attached hydrogen (secondary N) is 1. The maximum Gasteiger partial charge on any atom is 0.344 e. The van der Waals surface area contributed by atoms with E-state index in [1.807, 2.05) is 0 Å². The maximum atomic E-state index is 12.1. The third-order valence-electron chi connectivity index (χ3n) is 3.35. The van der Waals surface area contributed by atoms with Gasteiger partial charge in [0.05, 0.1) is 9.92 Å². The Morgan fingerprint density at radius 1 is 1.18 bits per heavy atom. The molecule has 3 N–H and O–H groups in total. The Bertz CT molecular complexity index is 997. The third kappa shape index (κ3) is 6.38. The van der Waals surface area contributed by atoms with Crippen LogP contribution in [-0.2, 0) is 24.3 Å². The van der Waals surface area contributed by atoms with Gasteiger partial charge >= 0.3 is 5.97 Å². The quantitative estimate of drug-likeness (QED) is 0.629. The molecule has 0 saturated carbocycles. The van der Waals surface area contributed by atoms with Gasteiger partial charge in [-0.25, -0.2) is 18.4 Å². The summed E-state index contributed by atoms with van der Waals surface area (Å²) >= 11 is 11.7. The summed E-state index contributed by atoms with van der Waals surface area (Å²) < 4.78 is 32.9.